The zero-order chi connectivity index (χ0) is 16.7. The predicted octanol–water partition coefficient (Wildman–Crippen LogP) is 2.01. The number of halogens is 1. The van der Waals surface area contributed by atoms with E-state index in [1.165, 1.54) is 0 Å². The van der Waals surface area contributed by atoms with Crippen molar-refractivity contribution < 1.29 is 9.59 Å². The van der Waals surface area contributed by atoms with Crippen molar-refractivity contribution in [2.24, 2.45) is 11.7 Å². The van der Waals surface area contributed by atoms with Gasteiger partial charge in [-0.1, -0.05) is 44.5 Å². The van der Waals surface area contributed by atoms with Gasteiger partial charge in [-0.2, -0.15) is 0 Å². The van der Waals surface area contributed by atoms with Gasteiger partial charge in [0.1, 0.15) is 0 Å². The maximum Gasteiger partial charge on any atom is 0.239 e. The molecule has 0 radical (unpaired) electrons. The lowest BCUT2D eigenvalue weighted by Crippen LogP contribution is -2.47. The summed E-state index contributed by atoms with van der Waals surface area (Å²) in [6.45, 7) is 5.60. The van der Waals surface area contributed by atoms with E-state index in [1.54, 1.807) is 6.07 Å². The molecule has 2 atom stereocenters. The molecular weight excluding hydrogens is 302 g/mol. The predicted molar refractivity (Wildman–Crippen MR) is 88.4 cm³/mol. The number of nitrogens with one attached hydrogen (secondary N) is 2. The van der Waals surface area contributed by atoms with Crippen molar-refractivity contribution in [3.05, 3.63) is 34.9 Å². The molecule has 0 aromatic heterocycles. The van der Waals surface area contributed by atoms with E-state index in [2.05, 4.69) is 10.6 Å². The van der Waals surface area contributed by atoms with E-state index >= 15 is 0 Å². The Morgan fingerprint density at radius 3 is 2.55 bits per heavy atom. The fourth-order valence-corrected chi connectivity index (χ4v) is 2.18. The first kappa shape index (κ1) is 18.5. The van der Waals surface area contributed by atoms with Crippen LogP contribution in [-0.2, 0) is 9.59 Å². The molecule has 0 saturated carbocycles. The van der Waals surface area contributed by atoms with Crippen LogP contribution in [0.3, 0.4) is 0 Å². The molecule has 0 aliphatic carbocycles. The minimum atomic E-state index is -0.609. The summed E-state index contributed by atoms with van der Waals surface area (Å²) >= 11 is 5.97. The lowest BCUT2D eigenvalue weighted by molar-refractivity contribution is -0.127. The van der Waals surface area contributed by atoms with Crippen LogP contribution in [0.5, 0.6) is 0 Å². The van der Waals surface area contributed by atoms with Gasteiger partial charge >= 0.3 is 0 Å². The molecule has 22 heavy (non-hydrogen) atoms. The Morgan fingerprint density at radius 2 is 2.00 bits per heavy atom. The minimum Gasteiger partial charge on any atom is -0.348 e. The van der Waals surface area contributed by atoms with Gasteiger partial charge in [-0.25, -0.2) is 0 Å². The number of carbonyl (C=O) groups excluding carboxylic acids is 2. The molecule has 1 rings (SSSR count). The first-order valence-electron chi connectivity index (χ1n) is 7.43. The van der Waals surface area contributed by atoms with Crippen molar-refractivity contribution in [2.45, 2.75) is 39.3 Å². The summed E-state index contributed by atoms with van der Waals surface area (Å²) in [5.41, 5.74) is 6.66. The highest BCUT2D eigenvalue weighted by molar-refractivity contribution is 6.30. The van der Waals surface area contributed by atoms with E-state index in [-0.39, 0.29) is 30.3 Å². The molecule has 0 aliphatic heterocycles. The Hall–Kier alpha value is -1.59. The third-order valence-corrected chi connectivity index (χ3v) is 3.67. The molecule has 1 aromatic rings. The Kier molecular flexibility index (Phi) is 7.35. The molecule has 1 aromatic carbocycles. The van der Waals surface area contributed by atoms with Gasteiger partial charge in [0.05, 0.1) is 18.6 Å². The van der Waals surface area contributed by atoms with Gasteiger partial charge < -0.3 is 16.4 Å². The van der Waals surface area contributed by atoms with Crippen LogP contribution in [0, 0.1) is 5.92 Å². The Labute approximate surface area is 136 Å². The molecular formula is C16H24ClN3O2. The van der Waals surface area contributed by atoms with Crippen molar-refractivity contribution in [1.29, 1.82) is 0 Å². The molecule has 0 bridgehead atoms. The highest BCUT2D eigenvalue weighted by Crippen LogP contribution is 2.20. The van der Waals surface area contributed by atoms with Crippen LogP contribution in [0.25, 0.3) is 0 Å². The Morgan fingerprint density at radius 1 is 1.32 bits per heavy atom. The maximum atomic E-state index is 12.0. The molecule has 122 valence electrons. The Balaban J connectivity index is 2.54. The first-order valence-corrected chi connectivity index (χ1v) is 7.81. The molecule has 6 heteroatoms. The number of amides is 2. The number of rotatable bonds is 7. The molecule has 0 spiro atoms. The van der Waals surface area contributed by atoms with E-state index in [1.807, 2.05) is 39.0 Å². The zero-order valence-electron chi connectivity index (χ0n) is 13.2. The maximum absolute atomic E-state index is 12.0. The van der Waals surface area contributed by atoms with Gasteiger partial charge in [0.2, 0.25) is 11.8 Å². The van der Waals surface area contributed by atoms with Crippen molar-refractivity contribution in [3.8, 4) is 0 Å². The molecule has 0 heterocycles. The second kappa shape index (κ2) is 8.76. The topological polar surface area (TPSA) is 84.2 Å². The average Bonchev–Trinajstić information content (AvgIpc) is 2.49. The molecule has 2 amide bonds. The van der Waals surface area contributed by atoms with Crippen molar-refractivity contribution >= 4 is 23.4 Å². The monoisotopic (exact) mass is 325 g/mol. The van der Waals surface area contributed by atoms with Gasteiger partial charge in [-0.15, -0.1) is 0 Å². The highest BCUT2D eigenvalue weighted by Gasteiger charge is 2.18. The number of hydrogen-bond donors (Lipinski definition) is 3. The highest BCUT2D eigenvalue weighted by atomic mass is 35.5. The normalized spacial score (nSPS) is 13.5. The lowest BCUT2D eigenvalue weighted by atomic mass is 10.0. The van der Waals surface area contributed by atoms with Crippen molar-refractivity contribution in [3.63, 3.8) is 0 Å². The number of nitrogens with two attached hydrogens (primary N) is 1. The van der Waals surface area contributed by atoms with Gasteiger partial charge in [-0.05, 0) is 30.0 Å². The number of hydrogen-bond acceptors (Lipinski definition) is 3. The smallest absolute Gasteiger partial charge is 0.239 e. The number of carbonyl (C=O) groups is 2. The SMILES string of the molecule is CCC(NC(=O)CNC(=O)[C@@H](N)C(C)C)c1cccc(Cl)c1. The summed E-state index contributed by atoms with van der Waals surface area (Å²) in [5.74, 6) is -0.546. The van der Waals surface area contributed by atoms with Crippen LogP contribution in [0.2, 0.25) is 5.02 Å². The zero-order valence-corrected chi connectivity index (χ0v) is 14.0. The summed E-state index contributed by atoms with van der Waals surface area (Å²) in [7, 11) is 0. The Bertz CT molecular complexity index is 520. The third kappa shape index (κ3) is 5.66. The van der Waals surface area contributed by atoms with E-state index in [0.29, 0.717) is 5.02 Å². The van der Waals surface area contributed by atoms with Crippen LogP contribution in [0.15, 0.2) is 24.3 Å². The van der Waals surface area contributed by atoms with Crippen LogP contribution in [0.4, 0.5) is 0 Å². The molecule has 4 N–H and O–H groups in total. The van der Waals surface area contributed by atoms with E-state index < -0.39 is 6.04 Å². The standard InChI is InChI=1S/C16H24ClN3O2/c1-4-13(11-6-5-7-12(17)8-11)20-14(21)9-19-16(22)15(18)10(2)3/h5-8,10,13,15H,4,9,18H2,1-3H3,(H,19,22)(H,20,21)/t13?,15-/m0/s1. The minimum absolute atomic E-state index is 0.0258. The second-order valence-electron chi connectivity index (χ2n) is 5.57. The summed E-state index contributed by atoms with van der Waals surface area (Å²) < 4.78 is 0. The van der Waals surface area contributed by atoms with Crippen LogP contribution in [-0.4, -0.2) is 24.4 Å². The molecule has 0 fully saturated rings. The van der Waals surface area contributed by atoms with E-state index in [9.17, 15) is 9.59 Å². The van der Waals surface area contributed by atoms with Gasteiger partial charge in [-0.3, -0.25) is 9.59 Å². The summed E-state index contributed by atoms with van der Waals surface area (Å²) in [4.78, 5) is 23.7. The van der Waals surface area contributed by atoms with Crippen LogP contribution in [0.1, 0.15) is 38.8 Å². The summed E-state index contributed by atoms with van der Waals surface area (Å²) in [5, 5.41) is 6.06. The summed E-state index contributed by atoms with van der Waals surface area (Å²) in [6.07, 6.45) is 0.728. The number of benzene rings is 1. The summed E-state index contributed by atoms with van der Waals surface area (Å²) in [6, 6.07) is 6.62. The molecule has 1 unspecified atom stereocenters. The molecule has 0 saturated heterocycles. The van der Waals surface area contributed by atoms with Gasteiger partial charge in [0, 0.05) is 5.02 Å². The third-order valence-electron chi connectivity index (χ3n) is 3.44. The van der Waals surface area contributed by atoms with Crippen LogP contribution >= 0.6 is 11.6 Å². The largest absolute Gasteiger partial charge is 0.348 e. The quantitative estimate of drug-likeness (QED) is 0.717. The van der Waals surface area contributed by atoms with Crippen LogP contribution < -0.4 is 16.4 Å². The molecule has 5 nitrogen and oxygen atoms in total. The van der Waals surface area contributed by atoms with Crippen molar-refractivity contribution in [2.75, 3.05) is 6.54 Å². The van der Waals surface area contributed by atoms with Gasteiger partial charge in [0.25, 0.3) is 0 Å². The average molecular weight is 326 g/mol. The van der Waals surface area contributed by atoms with Gasteiger partial charge in [0.15, 0.2) is 0 Å². The van der Waals surface area contributed by atoms with E-state index in [0.717, 1.165) is 12.0 Å². The van der Waals surface area contributed by atoms with E-state index in [4.69, 9.17) is 17.3 Å². The lowest BCUT2D eigenvalue weighted by Gasteiger charge is -2.19. The molecule has 0 aliphatic rings. The fraction of sp³-hybridized carbons (Fsp3) is 0.500. The fourth-order valence-electron chi connectivity index (χ4n) is 1.98. The first-order chi connectivity index (χ1) is 10.3. The second-order valence-corrected chi connectivity index (χ2v) is 6.01. The van der Waals surface area contributed by atoms with Crippen molar-refractivity contribution in [1.82, 2.24) is 10.6 Å².